The average Bonchev–Trinajstić information content (AvgIpc) is 2.85. The summed E-state index contributed by atoms with van der Waals surface area (Å²) >= 11 is 0. The lowest BCUT2D eigenvalue weighted by molar-refractivity contribution is 0.0898. The van der Waals surface area contributed by atoms with Crippen molar-refractivity contribution >= 4 is 19.1 Å². The molecule has 1 aromatic carbocycles. The molecule has 0 aliphatic rings. The normalized spacial score (nSPS) is 13.8. The monoisotopic (exact) mass is 305 g/mol. The fourth-order valence-corrected chi connectivity index (χ4v) is 3.02. The molecule has 5 heteroatoms. The molecular weight excluding hydrogens is 278 g/mol. The van der Waals surface area contributed by atoms with Gasteiger partial charge in [0.05, 0.1) is 17.4 Å². The summed E-state index contributed by atoms with van der Waals surface area (Å²) in [6, 6.07) is 7.82. The molecule has 0 saturated carbocycles. The summed E-state index contributed by atoms with van der Waals surface area (Å²) in [5, 5.41) is 3.28. The van der Waals surface area contributed by atoms with Gasteiger partial charge in [-0.25, -0.2) is 4.98 Å². The number of hydrogen-bond acceptors (Lipinski definition) is 3. The predicted octanol–water partition coefficient (Wildman–Crippen LogP) is 3.63. The van der Waals surface area contributed by atoms with Crippen LogP contribution in [-0.4, -0.2) is 31.3 Å². The van der Waals surface area contributed by atoms with E-state index in [0.717, 1.165) is 17.6 Å². The first-order valence-corrected chi connectivity index (χ1v) is 11.3. The molecule has 1 unspecified atom stereocenters. The second-order valence-electron chi connectivity index (χ2n) is 6.79. The zero-order valence-corrected chi connectivity index (χ0v) is 14.8. The molecule has 0 aliphatic heterocycles. The Morgan fingerprint density at radius 2 is 2.10 bits per heavy atom. The number of nitrogens with one attached hydrogen (secondary N) is 1. The smallest absolute Gasteiger partial charge is 0.124 e. The van der Waals surface area contributed by atoms with Gasteiger partial charge in [-0.15, -0.1) is 0 Å². The lowest BCUT2D eigenvalue weighted by atomic mass is 10.1. The molecule has 1 atom stereocenters. The number of hydrogen-bond donors (Lipinski definition) is 1. The molecule has 0 aliphatic carbocycles. The van der Waals surface area contributed by atoms with Crippen LogP contribution in [0.25, 0.3) is 11.0 Å². The van der Waals surface area contributed by atoms with Crippen LogP contribution in [0.3, 0.4) is 0 Å². The summed E-state index contributed by atoms with van der Waals surface area (Å²) in [5.41, 5.74) is 3.44. The van der Waals surface area contributed by atoms with E-state index in [2.05, 4.69) is 59.6 Å². The molecule has 2 aromatic rings. The molecule has 116 valence electrons. The van der Waals surface area contributed by atoms with Crippen LogP contribution >= 0.6 is 0 Å². The number of aromatic nitrogens is 2. The second-order valence-corrected chi connectivity index (χ2v) is 12.4. The Labute approximate surface area is 128 Å². The van der Waals surface area contributed by atoms with Gasteiger partial charge in [-0.1, -0.05) is 31.8 Å². The van der Waals surface area contributed by atoms with Crippen molar-refractivity contribution in [2.45, 2.75) is 45.4 Å². The number of rotatable bonds is 7. The first-order valence-electron chi connectivity index (χ1n) is 7.61. The molecule has 0 fully saturated rings. The van der Waals surface area contributed by atoms with Gasteiger partial charge in [0.15, 0.2) is 0 Å². The molecule has 1 N–H and O–H groups in total. The Morgan fingerprint density at radius 1 is 1.33 bits per heavy atom. The quantitative estimate of drug-likeness (QED) is 0.627. The average molecular weight is 305 g/mol. The van der Waals surface area contributed by atoms with Crippen molar-refractivity contribution in [3.8, 4) is 0 Å². The minimum absolute atomic E-state index is 0.296. The molecular formula is C16H27N3OSi. The molecule has 2 rings (SSSR count). The third kappa shape index (κ3) is 4.15. The number of fused-ring (bicyclic) bond motifs is 1. The van der Waals surface area contributed by atoms with E-state index in [1.165, 1.54) is 11.6 Å². The first kappa shape index (κ1) is 16.2. The van der Waals surface area contributed by atoms with E-state index in [0.29, 0.717) is 12.8 Å². The van der Waals surface area contributed by atoms with Gasteiger partial charge in [0.25, 0.3) is 0 Å². The first-order chi connectivity index (χ1) is 9.92. The van der Waals surface area contributed by atoms with Crippen LogP contribution in [0.4, 0.5) is 0 Å². The third-order valence-corrected chi connectivity index (χ3v) is 5.51. The molecule has 1 aromatic heterocycles. The number of ether oxygens (including phenoxy) is 1. The fraction of sp³-hybridized carbons (Fsp3) is 0.562. The van der Waals surface area contributed by atoms with Gasteiger partial charge < -0.3 is 14.6 Å². The van der Waals surface area contributed by atoms with Crippen LogP contribution in [0, 0.1) is 0 Å². The Morgan fingerprint density at radius 3 is 2.76 bits per heavy atom. The van der Waals surface area contributed by atoms with Crippen molar-refractivity contribution in [1.82, 2.24) is 14.9 Å². The molecule has 0 amide bonds. The molecule has 0 spiro atoms. The number of imidazole rings is 1. The third-order valence-electron chi connectivity index (χ3n) is 3.81. The van der Waals surface area contributed by atoms with Crippen LogP contribution in [0.1, 0.15) is 18.5 Å². The van der Waals surface area contributed by atoms with Crippen LogP contribution in [0.15, 0.2) is 24.5 Å². The van der Waals surface area contributed by atoms with Gasteiger partial charge in [-0.05, 0) is 31.6 Å². The van der Waals surface area contributed by atoms with E-state index in [9.17, 15) is 0 Å². The lowest BCUT2D eigenvalue weighted by Crippen LogP contribution is -2.21. The summed E-state index contributed by atoms with van der Waals surface area (Å²) in [7, 11) is 0.952. The van der Waals surface area contributed by atoms with Gasteiger partial charge in [-0.3, -0.25) is 0 Å². The van der Waals surface area contributed by atoms with Crippen LogP contribution in [0.2, 0.25) is 25.7 Å². The van der Waals surface area contributed by atoms with Crippen LogP contribution < -0.4 is 5.32 Å². The zero-order chi connectivity index (χ0) is 15.5. The summed E-state index contributed by atoms with van der Waals surface area (Å²) in [4.78, 5) is 4.57. The fourth-order valence-electron chi connectivity index (χ4n) is 2.26. The molecule has 1 heterocycles. The Balaban J connectivity index is 2.08. The van der Waals surface area contributed by atoms with E-state index in [1.54, 1.807) is 0 Å². The topological polar surface area (TPSA) is 39.1 Å². The van der Waals surface area contributed by atoms with Crippen LogP contribution in [0.5, 0.6) is 0 Å². The minimum Gasteiger partial charge on any atom is -0.361 e. The Hall–Kier alpha value is -1.17. The summed E-state index contributed by atoms with van der Waals surface area (Å²) in [6.07, 6.45) is 1.88. The predicted molar refractivity (Wildman–Crippen MR) is 91.3 cm³/mol. The van der Waals surface area contributed by atoms with Gasteiger partial charge >= 0.3 is 0 Å². The summed E-state index contributed by atoms with van der Waals surface area (Å²) < 4.78 is 7.92. The maximum Gasteiger partial charge on any atom is 0.124 e. The van der Waals surface area contributed by atoms with E-state index in [4.69, 9.17) is 4.74 Å². The van der Waals surface area contributed by atoms with Crippen molar-refractivity contribution in [1.29, 1.82) is 0 Å². The molecule has 0 radical (unpaired) electrons. The number of nitrogens with zero attached hydrogens (tertiary/aromatic N) is 2. The highest BCUT2D eigenvalue weighted by molar-refractivity contribution is 6.76. The second kappa shape index (κ2) is 6.73. The highest BCUT2D eigenvalue weighted by atomic mass is 28.3. The highest BCUT2D eigenvalue weighted by Gasteiger charge is 2.13. The number of para-hydroxylation sites is 1. The largest absolute Gasteiger partial charge is 0.361 e. The van der Waals surface area contributed by atoms with E-state index < -0.39 is 8.07 Å². The minimum atomic E-state index is -1.02. The van der Waals surface area contributed by atoms with Gasteiger partial charge in [0.1, 0.15) is 6.73 Å². The van der Waals surface area contributed by atoms with Gasteiger partial charge in [-0.2, -0.15) is 0 Å². The van der Waals surface area contributed by atoms with Crippen LogP contribution in [-0.2, 0) is 11.5 Å². The van der Waals surface area contributed by atoms with E-state index in [-0.39, 0.29) is 0 Å². The molecule has 0 bridgehead atoms. The SMILES string of the molecule is CNC(C)c1cccc2c1ncn2COCC[Si](C)(C)C. The van der Waals surface area contributed by atoms with Crippen molar-refractivity contribution in [2.75, 3.05) is 13.7 Å². The Bertz CT molecular complexity index is 589. The van der Waals surface area contributed by atoms with E-state index in [1.807, 2.05) is 13.4 Å². The molecule has 0 saturated heterocycles. The zero-order valence-electron chi connectivity index (χ0n) is 13.8. The maximum absolute atomic E-state index is 5.83. The highest BCUT2D eigenvalue weighted by Crippen LogP contribution is 2.23. The Kier molecular flexibility index (Phi) is 5.19. The number of benzene rings is 1. The lowest BCUT2D eigenvalue weighted by Gasteiger charge is -2.15. The standard InChI is InChI=1S/C16H27N3OSi/c1-13(17-2)14-7-6-8-15-16(14)18-11-19(15)12-20-9-10-21(3,4)5/h6-8,11,13,17H,9-10,12H2,1-5H3. The summed E-state index contributed by atoms with van der Waals surface area (Å²) in [6.45, 7) is 10.7. The van der Waals surface area contributed by atoms with Crippen molar-refractivity contribution < 1.29 is 4.74 Å². The maximum atomic E-state index is 5.83. The van der Waals surface area contributed by atoms with Crippen molar-refractivity contribution in [3.63, 3.8) is 0 Å². The van der Waals surface area contributed by atoms with Gasteiger partial charge in [0, 0.05) is 20.7 Å². The van der Waals surface area contributed by atoms with E-state index >= 15 is 0 Å². The van der Waals surface area contributed by atoms with Crippen molar-refractivity contribution in [2.24, 2.45) is 0 Å². The summed E-state index contributed by atoms with van der Waals surface area (Å²) in [5.74, 6) is 0. The van der Waals surface area contributed by atoms with Gasteiger partial charge in [0.2, 0.25) is 0 Å². The van der Waals surface area contributed by atoms with Crippen molar-refractivity contribution in [3.05, 3.63) is 30.1 Å². The molecule has 4 nitrogen and oxygen atoms in total. The molecule has 21 heavy (non-hydrogen) atoms.